The zero-order valence-electron chi connectivity index (χ0n) is 16.8. The summed E-state index contributed by atoms with van der Waals surface area (Å²) in [6, 6.07) is 15.2. The minimum atomic E-state index is -0.403. The lowest BCUT2D eigenvalue weighted by Gasteiger charge is -2.45. The molecule has 4 nitrogen and oxygen atoms in total. The van der Waals surface area contributed by atoms with E-state index >= 15 is 0 Å². The summed E-state index contributed by atoms with van der Waals surface area (Å²) < 4.78 is 5.54. The van der Waals surface area contributed by atoms with E-state index < -0.39 is 5.41 Å². The van der Waals surface area contributed by atoms with Gasteiger partial charge in [0.25, 0.3) is 0 Å². The van der Waals surface area contributed by atoms with Gasteiger partial charge in [-0.25, -0.2) is 0 Å². The largest absolute Gasteiger partial charge is 0.389 e. The number of rotatable bonds is 4. The molecule has 2 saturated heterocycles. The van der Waals surface area contributed by atoms with Crippen molar-refractivity contribution in [2.45, 2.75) is 39.2 Å². The lowest BCUT2D eigenvalue weighted by Crippen LogP contribution is -2.59. The summed E-state index contributed by atoms with van der Waals surface area (Å²) in [6.45, 7) is 6.43. The summed E-state index contributed by atoms with van der Waals surface area (Å²) in [4.78, 5) is 15.0. The number of aliphatic hydroxyl groups excluding tert-OH is 1. The Morgan fingerprint density at radius 2 is 1.64 bits per heavy atom. The second kappa shape index (κ2) is 7.69. The van der Waals surface area contributed by atoms with Crippen LogP contribution in [0.2, 0.25) is 0 Å². The molecule has 0 radical (unpaired) electrons. The molecule has 0 unspecified atom stereocenters. The van der Waals surface area contributed by atoms with E-state index in [1.807, 2.05) is 0 Å². The minimum absolute atomic E-state index is 0.180. The molecule has 0 aromatic heterocycles. The van der Waals surface area contributed by atoms with Crippen LogP contribution in [-0.4, -0.2) is 48.3 Å². The Labute approximate surface area is 167 Å². The van der Waals surface area contributed by atoms with Gasteiger partial charge in [-0.1, -0.05) is 53.6 Å². The predicted molar refractivity (Wildman–Crippen MR) is 110 cm³/mol. The third-order valence-corrected chi connectivity index (χ3v) is 6.10. The molecule has 2 fully saturated rings. The molecule has 0 saturated carbocycles. The number of carbonyl (C=O) groups is 1. The van der Waals surface area contributed by atoms with Crippen molar-refractivity contribution in [3.05, 3.63) is 59.2 Å². The number of carbonyl (C=O) groups excluding carboxylic acids is 1. The van der Waals surface area contributed by atoms with Crippen molar-refractivity contribution >= 4 is 5.91 Å². The van der Waals surface area contributed by atoms with Gasteiger partial charge in [0.05, 0.1) is 11.5 Å². The molecule has 2 aromatic rings. The van der Waals surface area contributed by atoms with E-state index in [1.165, 1.54) is 27.8 Å². The average Bonchev–Trinajstić information content (AvgIpc) is 2.65. The van der Waals surface area contributed by atoms with Gasteiger partial charge >= 0.3 is 0 Å². The molecule has 2 heterocycles. The molecular formula is C24H29NO3. The van der Waals surface area contributed by atoms with Crippen molar-refractivity contribution in [2.24, 2.45) is 5.41 Å². The number of likely N-dealkylation sites (tertiary alicyclic amines) is 1. The van der Waals surface area contributed by atoms with Crippen LogP contribution < -0.4 is 0 Å². The molecule has 0 atom stereocenters. The number of benzene rings is 2. The van der Waals surface area contributed by atoms with Gasteiger partial charge in [-0.2, -0.15) is 0 Å². The number of aliphatic hydroxyl groups is 1. The summed E-state index contributed by atoms with van der Waals surface area (Å²) in [5, 5.41) is 9.60. The smallest absolute Gasteiger partial charge is 0.229 e. The summed E-state index contributed by atoms with van der Waals surface area (Å²) in [6.07, 6.45) is 1.86. The predicted octanol–water partition coefficient (Wildman–Crippen LogP) is 3.51. The number of hydrogen-bond donors (Lipinski definition) is 1. The van der Waals surface area contributed by atoms with Crippen molar-refractivity contribution < 1.29 is 14.6 Å². The highest BCUT2D eigenvalue weighted by atomic mass is 16.5. The van der Waals surface area contributed by atoms with Crippen LogP contribution in [0.25, 0.3) is 11.1 Å². The first kappa shape index (κ1) is 19.2. The van der Waals surface area contributed by atoms with E-state index in [9.17, 15) is 9.90 Å². The van der Waals surface area contributed by atoms with Gasteiger partial charge in [-0.15, -0.1) is 0 Å². The normalized spacial score (nSPS) is 19.3. The highest BCUT2D eigenvalue weighted by molar-refractivity contribution is 5.84. The van der Waals surface area contributed by atoms with Crippen LogP contribution in [0.3, 0.4) is 0 Å². The molecule has 4 rings (SSSR count). The van der Waals surface area contributed by atoms with Gasteiger partial charge in [0.1, 0.15) is 0 Å². The van der Waals surface area contributed by atoms with Crippen LogP contribution in [-0.2, 0) is 16.0 Å². The van der Waals surface area contributed by atoms with Crippen LogP contribution in [0.1, 0.15) is 29.5 Å². The molecule has 2 aliphatic rings. The second-order valence-electron chi connectivity index (χ2n) is 8.51. The van der Waals surface area contributed by atoms with E-state index in [-0.39, 0.29) is 12.0 Å². The Balaban J connectivity index is 1.54. The number of aryl methyl sites for hydroxylation is 2. The van der Waals surface area contributed by atoms with Crippen molar-refractivity contribution in [1.29, 1.82) is 0 Å². The fourth-order valence-electron chi connectivity index (χ4n) is 4.53. The molecule has 4 heteroatoms. The zero-order valence-corrected chi connectivity index (χ0v) is 16.8. The lowest BCUT2D eigenvalue weighted by molar-refractivity contribution is -0.158. The van der Waals surface area contributed by atoms with Crippen LogP contribution >= 0.6 is 0 Å². The maximum Gasteiger partial charge on any atom is 0.229 e. The van der Waals surface area contributed by atoms with Crippen LogP contribution in [0.5, 0.6) is 0 Å². The summed E-state index contributed by atoms with van der Waals surface area (Å²) in [5.41, 5.74) is 5.75. The van der Waals surface area contributed by atoms with Gasteiger partial charge in [-0.05, 0) is 49.8 Å². The average molecular weight is 380 g/mol. The van der Waals surface area contributed by atoms with Crippen LogP contribution in [0, 0.1) is 19.3 Å². The third-order valence-electron chi connectivity index (χ3n) is 6.10. The topological polar surface area (TPSA) is 49.8 Å². The molecular weight excluding hydrogens is 350 g/mol. The van der Waals surface area contributed by atoms with E-state index in [2.05, 4.69) is 56.3 Å². The Morgan fingerprint density at radius 1 is 1.04 bits per heavy atom. The van der Waals surface area contributed by atoms with Gasteiger partial charge < -0.3 is 14.7 Å². The van der Waals surface area contributed by atoms with E-state index in [0.717, 1.165) is 19.3 Å². The van der Waals surface area contributed by atoms with E-state index in [1.54, 1.807) is 4.90 Å². The Morgan fingerprint density at radius 3 is 2.21 bits per heavy atom. The standard InChI is InChI=1S/C24H29NO3/c1-17-11-18(2)13-21(12-17)20-5-3-19(4-6-20)14-24(7-9-28-10-8-24)23(27)25-15-22(26)16-25/h3-6,11-13,22,26H,7-10,14-16H2,1-2H3. The SMILES string of the molecule is Cc1cc(C)cc(-c2ccc(CC3(C(=O)N4CC(O)C4)CCOCC3)cc2)c1. The fourth-order valence-corrected chi connectivity index (χ4v) is 4.53. The van der Waals surface area contributed by atoms with Gasteiger partial charge in [0.15, 0.2) is 0 Å². The Bertz CT molecular complexity index is 826. The summed E-state index contributed by atoms with van der Waals surface area (Å²) in [5.74, 6) is 0.180. The highest BCUT2D eigenvalue weighted by Gasteiger charge is 2.45. The van der Waals surface area contributed by atoms with Crippen molar-refractivity contribution in [1.82, 2.24) is 4.90 Å². The van der Waals surface area contributed by atoms with Crippen LogP contribution in [0.4, 0.5) is 0 Å². The molecule has 2 aromatic carbocycles. The first-order valence-electron chi connectivity index (χ1n) is 10.2. The third kappa shape index (κ3) is 3.85. The first-order chi connectivity index (χ1) is 13.4. The summed E-state index contributed by atoms with van der Waals surface area (Å²) in [7, 11) is 0. The number of hydrogen-bond acceptors (Lipinski definition) is 3. The quantitative estimate of drug-likeness (QED) is 0.884. The molecule has 1 N–H and O–H groups in total. The minimum Gasteiger partial charge on any atom is -0.389 e. The second-order valence-corrected chi connectivity index (χ2v) is 8.51. The van der Waals surface area contributed by atoms with Crippen molar-refractivity contribution in [3.63, 3.8) is 0 Å². The van der Waals surface area contributed by atoms with E-state index in [0.29, 0.717) is 26.3 Å². The maximum absolute atomic E-state index is 13.2. The van der Waals surface area contributed by atoms with Gasteiger partial charge in [0, 0.05) is 26.3 Å². The number of nitrogens with zero attached hydrogens (tertiary/aromatic N) is 1. The molecule has 0 aliphatic carbocycles. The monoisotopic (exact) mass is 379 g/mol. The number of amides is 1. The lowest BCUT2D eigenvalue weighted by atomic mass is 9.73. The Hall–Kier alpha value is -2.17. The molecule has 28 heavy (non-hydrogen) atoms. The zero-order chi connectivity index (χ0) is 19.7. The number of β-amino-alcohol motifs (C(OH)–C–C–N with tert-alkyl or cyclic N) is 1. The molecule has 2 aliphatic heterocycles. The molecule has 148 valence electrons. The van der Waals surface area contributed by atoms with E-state index in [4.69, 9.17) is 4.74 Å². The molecule has 1 amide bonds. The number of ether oxygens (including phenoxy) is 1. The summed E-state index contributed by atoms with van der Waals surface area (Å²) >= 11 is 0. The first-order valence-corrected chi connectivity index (χ1v) is 10.2. The van der Waals surface area contributed by atoms with Crippen molar-refractivity contribution in [3.8, 4) is 11.1 Å². The van der Waals surface area contributed by atoms with Gasteiger partial charge in [0.2, 0.25) is 5.91 Å². The van der Waals surface area contributed by atoms with Crippen molar-refractivity contribution in [2.75, 3.05) is 26.3 Å². The molecule has 0 spiro atoms. The highest BCUT2D eigenvalue weighted by Crippen LogP contribution is 2.38. The Kier molecular flexibility index (Phi) is 5.26. The maximum atomic E-state index is 13.2. The van der Waals surface area contributed by atoms with Gasteiger partial charge in [-0.3, -0.25) is 4.79 Å². The molecule has 0 bridgehead atoms. The van der Waals surface area contributed by atoms with Crippen LogP contribution in [0.15, 0.2) is 42.5 Å². The fraction of sp³-hybridized carbons (Fsp3) is 0.458.